The van der Waals surface area contributed by atoms with Crippen molar-refractivity contribution >= 4 is 11.0 Å². The molecule has 0 spiro atoms. The highest BCUT2D eigenvalue weighted by molar-refractivity contribution is 5.79. The summed E-state index contributed by atoms with van der Waals surface area (Å²) in [5.41, 5.74) is 1.45. The lowest BCUT2D eigenvalue weighted by Crippen LogP contribution is -2.12. The van der Waals surface area contributed by atoms with E-state index in [0.29, 0.717) is 6.42 Å². The lowest BCUT2D eigenvalue weighted by Gasteiger charge is -2.04. The quantitative estimate of drug-likeness (QED) is 0.747. The van der Waals surface area contributed by atoms with Crippen LogP contribution in [0.4, 0.5) is 0 Å². The highest BCUT2D eigenvalue weighted by atomic mass is 16.6. The molecule has 0 aliphatic rings. The molecular formula is C10H11NO3. The normalized spacial score (nSPS) is 13.3. The molecule has 4 heteroatoms. The van der Waals surface area contributed by atoms with E-state index in [2.05, 4.69) is 5.16 Å². The zero-order chi connectivity index (χ0) is 9.97. The molecule has 1 heterocycles. The fourth-order valence-electron chi connectivity index (χ4n) is 1.33. The van der Waals surface area contributed by atoms with E-state index < -0.39 is 6.29 Å². The van der Waals surface area contributed by atoms with Crippen molar-refractivity contribution < 1.29 is 14.4 Å². The van der Waals surface area contributed by atoms with E-state index in [1.54, 1.807) is 0 Å². The molecule has 74 valence electrons. The number of ether oxygens (including phenoxy) is 1. The molecule has 2 rings (SSSR count). The Labute approximate surface area is 81.1 Å². The Balaban J connectivity index is 2.33. The van der Waals surface area contributed by atoms with Gasteiger partial charge in [0.1, 0.15) is 0 Å². The van der Waals surface area contributed by atoms with Crippen molar-refractivity contribution in [3.8, 4) is 0 Å². The van der Waals surface area contributed by atoms with Gasteiger partial charge in [-0.25, -0.2) is 0 Å². The molecule has 1 N–H and O–H groups in total. The van der Waals surface area contributed by atoms with Crippen LogP contribution in [-0.2, 0) is 11.2 Å². The van der Waals surface area contributed by atoms with E-state index >= 15 is 0 Å². The summed E-state index contributed by atoms with van der Waals surface area (Å²) < 4.78 is 9.82. The van der Waals surface area contributed by atoms with Crippen molar-refractivity contribution in [2.24, 2.45) is 0 Å². The van der Waals surface area contributed by atoms with Gasteiger partial charge >= 0.3 is 0 Å². The lowest BCUT2D eigenvalue weighted by atomic mass is 10.2. The summed E-state index contributed by atoms with van der Waals surface area (Å²) in [6.07, 6.45) is -0.489. The number of benzene rings is 1. The van der Waals surface area contributed by atoms with Gasteiger partial charge in [0.2, 0.25) is 0 Å². The summed E-state index contributed by atoms with van der Waals surface area (Å²) in [6, 6.07) is 7.53. The highest BCUT2D eigenvalue weighted by Crippen LogP contribution is 2.18. The van der Waals surface area contributed by atoms with Gasteiger partial charge in [0, 0.05) is 18.9 Å². The molecule has 2 aromatic rings. The number of aromatic nitrogens is 1. The minimum Gasteiger partial charge on any atom is -0.368 e. The summed E-state index contributed by atoms with van der Waals surface area (Å²) in [4.78, 5) is 0. The summed E-state index contributed by atoms with van der Waals surface area (Å²) in [6.45, 7) is 0. The predicted molar refractivity (Wildman–Crippen MR) is 50.7 cm³/mol. The summed E-state index contributed by atoms with van der Waals surface area (Å²) >= 11 is 0. The average molecular weight is 193 g/mol. The maximum Gasteiger partial charge on any atom is 0.167 e. The standard InChI is InChI=1S/C10H11NO3/c1-13-10(12)6-8-7-4-2-3-5-9(7)14-11-8/h2-5,10,12H,6H2,1H3. The van der Waals surface area contributed by atoms with Crippen LogP contribution in [0.3, 0.4) is 0 Å². The van der Waals surface area contributed by atoms with Gasteiger partial charge in [-0.15, -0.1) is 0 Å². The van der Waals surface area contributed by atoms with Crippen LogP contribution in [-0.4, -0.2) is 23.7 Å². The van der Waals surface area contributed by atoms with Crippen LogP contribution < -0.4 is 0 Å². The number of fused-ring (bicyclic) bond motifs is 1. The van der Waals surface area contributed by atoms with Gasteiger partial charge < -0.3 is 14.4 Å². The molecule has 0 radical (unpaired) electrons. The first-order valence-corrected chi connectivity index (χ1v) is 4.35. The first-order valence-electron chi connectivity index (χ1n) is 4.35. The van der Waals surface area contributed by atoms with Gasteiger partial charge in [0.25, 0.3) is 0 Å². The molecule has 1 aromatic heterocycles. The van der Waals surface area contributed by atoms with E-state index in [4.69, 9.17) is 9.26 Å². The van der Waals surface area contributed by atoms with Gasteiger partial charge in [-0.05, 0) is 12.1 Å². The van der Waals surface area contributed by atoms with Crippen molar-refractivity contribution in [2.75, 3.05) is 7.11 Å². The molecule has 0 aliphatic heterocycles. The monoisotopic (exact) mass is 193 g/mol. The Morgan fingerprint density at radius 1 is 1.50 bits per heavy atom. The molecule has 1 unspecified atom stereocenters. The Morgan fingerprint density at radius 3 is 3.07 bits per heavy atom. The van der Waals surface area contributed by atoms with Crippen molar-refractivity contribution in [3.05, 3.63) is 30.0 Å². The predicted octanol–water partition coefficient (Wildman–Crippen LogP) is 1.34. The van der Waals surface area contributed by atoms with E-state index in [0.717, 1.165) is 16.7 Å². The largest absolute Gasteiger partial charge is 0.368 e. The number of hydrogen-bond acceptors (Lipinski definition) is 4. The number of methoxy groups -OCH3 is 1. The smallest absolute Gasteiger partial charge is 0.167 e. The van der Waals surface area contributed by atoms with Crippen LogP contribution >= 0.6 is 0 Å². The Morgan fingerprint density at radius 2 is 2.29 bits per heavy atom. The highest BCUT2D eigenvalue weighted by Gasteiger charge is 2.11. The van der Waals surface area contributed by atoms with Crippen LogP contribution in [0.5, 0.6) is 0 Å². The number of hydrogen-bond donors (Lipinski definition) is 1. The third-order valence-corrected chi connectivity index (χ3v) is 2.09. The van der Waals surface area contributed by atoms with Crippen molar-refractivity contribution in [2.45, 2.75) is 12.7 Å². The van der Waals surface area contributed by atoms with E-state index in [9.17, 15) is 5.11 Å². The molecule has 1 aromatic carbocycles. The lowest BCUT2D eigenvalue weighted by molar-refractivity contribution is -0.0727. The fraction of sp³-hybridized carbons (Fsp3) is 0.300. The number of nitrogens with zero attached hydrogens (tertiary/aromatic N) is 1. The van der Waals surface area contributed by atoms with Crippen LogP contribution in [0.1, 0.15) is 5.69 Å². The summed E-state index contributed by atoms with van der Waals surface area (Å²) in [5, 5.41) is 14.1. The molecule has 0 amide bonds. The second-order valence-electron chi connectivity index (χ2n) is 3.02. The Bertz CT molecular complexity index is 424. The molecule has 4 nitrogen and oxygen atoms in total. The van der Waals surface area contributed by atoms with E-state index in [1.165, 1.54) is 7.11 Å². The Kier molecular flexibility index (Phi) is 2.47. The SMILES string of the molecule is COC(O)Cc1noc2ccccc12. The molecule has 0 bridgehead atoms. The van der Waals surface area contributed by atoms with E-state index in [1.807, 2.05) is 24.3 Å². The second kappa shape index (κ2) is 3.77. The first-order chi connectivity index (χ1) is 6.81. The maximum absolute atomic E-state index is 9.29. The van der Waals surface area contributed by atoms with Gasteiger partial charge in [0.05, 0.1) is 5.69 Å². The number of para-hydroxylation sites is 1. The molecule has 1 atom stereocenters. The fourth-order valence-corrected chi connectivity index (χ4v) is 1.33. The summed E-state index contributed by atoms with van der Waals surface area (Å²) in [7, 11) is 1.45. The molecule has 0 aliphatic carbocycles. The summed E-state index contributed by atoms with van der Waals surface area (Å²) in [5.74, 6) is 0. The van der Waals surface area contributed by atoms with Crippen LogP contribution in [0.2, 0.25) is 0 Å². The Hall–Kier alpha value is -1.39. The molecule has 14 heavy (non-hydrogen) atoms. The number of aliphatic hydroxyl groups is 1. The topological polar surface area (TPSA) is 55.5 Å². The van der Waals surface area contributed by atoms with Gasteiger partial charge in [0.15, 0.2) is 11.9 Å². The molecular weight excluding hydrogens is 182 g/mol. The van der Waals surface area contributed by atoms with Crippen molar-refractivity contribution in [3.63, 3.8) is 0 Å². The average Bonchev–Trinajstić information content (AvgIpc) is 2.62. The van der Waals surface area contributed by atoms with Crippen LogP contribution in [0.15, 0.2) is 28.8 Å². The number of aliphatic hydroxyl groups excluding tert-OH is 1. The van der Waals surface area contributed by atoms with Gasteiger partial charge in [-0.1, -0.05) is 17.3 Å². The second-order valence-corrected chi connectivity index (χ2v) is 3.02. The zero-order valence-electron chi connectivity index (χ0n) is 7.80. The van der Waals surface area contributed by atoms with Crippen LogP contribution in [0, 0.1) is 0 Å². The minimum absolute atomic E-state index is 0.341. The maximum atomic E-state index is 9.29. The van der Waals surface area contributed by atoms with Gasteiger partial charge in [-0.3, -0.25) is 0 Å². The van der Waals surface area contributed by atoms with Gasteiger partial charge in [-0.2, -0.15) is 0 Å². The zero-order valence-corrected chi connectivity index (χ0v) is 7.80. The van der Waals surface area contributed by atoms with Crippen molar-refractivity contribution in [1.82, 2.24) is 5.16 Å². The molecule has 0 saturated carbocycles. The number of rotatable bonds is 3. The first kappa shape index (κ1) is 9.18. The van der Waals surface area contributed by atoms with Crippen LogP contribution in [0.25, 0.3) is 11.0 Å². The van der Waals surface area contributed by atoms with Crippen molar-refractivity contribution in [1.29, 1.82) is 0 Å². The molecule has 0 fully saturated rings. The minimum atomic E-state index is -0.830. The third kappa shape index (κ3) is 1.62. The molecule has 0 saturated heterocycles. The third-order valence-electron chi connectivity index (χ3n) is 2.09. The van der Waals surface area contributed by atoms with E-state index in [-0.39, 0.29) is 0 Å².